The lowest BCUT2D eigenvalue weighted by molar-refractivity contribution is 0.0730. The van der Waals surface area contributed by atoms with Crippen LogP contribution >= 0.6 is 11.3 Å². The molecule has 3 aromatic rings. The van der Waals surface area contributed by atoms with Gasteiger partial charge in [-0.25, -0.2) is 18.4 Å². The van der Waals surface area contributed by atoms with Crippen LogP contribution in [0.4, 0.5) is 11.6 Å². The Morgan fingerprint density at radius 1 is 1.16 bits per heavy atom. The van der Waals surface area contributed by atoms with Crippen molar-refractivity contribution in [2.75, 3.05) is 31.6 Å². The van der Waals surface area contributed by atoms with E-state index in [1.54, 1.807) is 49.0 Å². The number of aryl methyl sites for hydroxylation is 1. The van der Waals surface area contributed by atoms with Gasteiger partial charge >= 0.3 is 4.87 Å². The molecule has 164 valence electrons. The summed E-state index contributed by atoms with van der Waals surface area (Å²) in [7, 11) is -1.91. The molecular weight excluding hydrogens is 438 g/mol. The lowest BCUT2D eigenvalue weighted by Gasteiger charge is -2.26. The highest BCUT2D eigenvalue weighted by atomic mass is 32.2. The molecule has 1 fully saturated rings. The molecule has 0 radical (unpaired) electrons. The number of benzene rings is 1. The summed E-state index contributed by atoms with van der Waals surface area (Å²) in [5.41, 5.74) is 2.68. The predicted molar refractivity (Wildman–Crippen MR) is 119 cm³/mol. The Labute approximate surface area is 184 Å². The van der Waals surface area contributed by atoms with Crippen LogP contribution in [0.3, 0.4) is 0 Å². The Bertz CT molecular complexity index is 1280. The first-order valence-electron chi connectivity index (χ1n) is 9.73. The summed E-state index contributed by atoms with van der Waals surface area (Å²) in [6, 6.07) is 6.89. The largest absolute Gasteiger partial charge is 0.379 e. The molecule has 0 aliphatic carbocycles. The van der Waals surface area contributed by atoms with E-state index in [9.17, 15) is 13.2 Å². The molecule has 1 saturated heterocycles. The van der Waals surface area contributed by atoms with Gasteiger partial charge in [0.1, 0.15) is 0 Å². The van der Waals surface area contributed by atoms with Crippen molar-refractivity contribution < 1.29 is 13.2 Å². The van der Waals surface area contributed by atoms with E-state index < -0.39 is 10.0 Å². The van der Waals surface area contributed by atoms with Crippen molar-refractivity contribution in [3.05, 3.63) is 51.4 Å². The Morgan fingerprint density at radius 3 is 2.58 bits per heavy atom. The van der Waals surface area contributed by atoms with Crippen LogP contribution in [0, 0.1) is 13.8 Å². The summed E-state index contributed by atoms with van der Waals surface area (Å²) in [5, 5.41) is 3.09. The van der Waals surface area contributed by atoms with E-state index in [4.69, 9.17) is 4.74 Å². The number of morpholine rings is 1. The van der Waals surface area contributed by atoms with E-state index in [2.05, 4.69) is 15.3 Å². The minimum Gasteiger partial charge on any atom is -0.379 e. The second-order valence-electron chi connectivity index (χ2n) is 7.23. The van der Waals surface area contributed by atoms with Gasteiger partial charge < -0.3 is 14.6 Å². The molecule has 3 heterocycles. The highest BCUT2D eigenvalue weighted by Gasteiger charge is 2.28. The number of sulfonamides is 1. The summed E-state index contributed by atoms with van der Waals surface area (Å²) >= 11 is 1.13. The minimum atomic E-state index is -3.63. The van der Waals surface area contributed by atoms with Crippen molar-refractivity contribution in [2.45, 2.75) is 18.7 Å². The molecule has 2 aromatic heterocycles. The van der Waals surface area contributed by atoms with Crippen molar-refractivity contribution in [1.82, 2.24) is 18.8 Å². The van der Waals surface area contributed by atoms with Gasteiger partial charge in [-0.2, -0.15) is 4.31 Å². The highest BCUT2D eigenvalue weighted by molar-refractivity contribution is 7.89. The number of nitrogens with one attached hydrogen (secondary N) is 1. The number of anilines is 2. The average Bonchev–Trinajstić information content (AvgIpc) is 3.03. The molecule has 11 heteroatoms. The molecule has 31 heavy (non-hydrogen) atoms. The molecule has 1 aromatic carbocycles. The third kappa shape index (κ3) is 4.26. The molecule has 0 unspecified atom stereocenters. The quantitative estimate of drug-likeness (QED) is 0.621. The Balaban J connectivity index is 1.64. The first-order valence-corrected chi connectivity index (χ1v) is 12.0. The summed E-state index contributed by atoms with van der Waals surface area (Å²) in [6.45, 7) is 5.09. The fourth-order valence-corrected chi connectivity index (χ4v) is 5.92. The highest BCUT2D eigenvalue weighted by Crippen LogP contribution is 2.27. The van der Waals surface area contributed by atoms with Crippen molar-refractivity contribution in [3.8, 4) is 10.6 Å². The van der Waals surface area contributed by atoms with E-state index >= 15 is 0 Å². The van der Waals surface area contributed by atoms with E-state index in [0.717, 1.165) is 21.9 Å². The number of nitrogens with zero attached hydrogens (tertiary/aromatic N) is 4. The molecular formula is C20H23N5O4S2. The van der Waals surface area contributed by atoms with Gasteiger partial charge in [0.05, 0.1) is 28.7 Å². The standard InChI is InChI=1S/C20H23N5O4S2/c1-13-4-5-15(12-17(13)31(27,28)25-8-10-29-11-9-25)22-19-21-7-6-16(23-19)18-14(2)24(3)20(26)30-18/h4-7,12H,8-11H2,1-3H3,(H,21,22,23). The van der Waals surface area contributed by atoms with Crippen LogP contribution in [0.5, 0.6) is 0 Å². The zero-order valence-corrected chi connectivity index (χ0v) is 19.1. The molecule has 0 amide bonds. The van der Waals surface area contributed by atoms with E-state index in [1.165, 1.54) is 4.31 Å². The Hall–Kier alpha value is -2.60. The maximum absolute atomic E-state index is 13.1. The third-order valence-corrected chi connectivity index (χ3v) is 8.41. The van der Waals surface area contributed by atoms with Crippen LogP contribution in [-0.4, -0.2) is 53.6 Å². The van der Waals surface area contributed by atoms with Crippen LogP contribution < -0.4 is 10.2 Å². The number of hydrogen-bond acceptors (Lipinski definition) is 8. The summed E-state index contributed by atoms with van der Waals surface area (Å²) < 4.78 is 34.5. The second kappa shape index (κ2) is 8.50. The first-order chi connectivity index (χ1) is 14.8. The van der Waals surface area contributed by atoms with Crippen LogP contribution in [0.15, 0.2) is 40.2 Å². The Kier molecular flexibility index (Phi) is 5.93. The summed E-state index contributed by atoms with van der Waals surface area (Å²) in [4.78, 5) is 21.7. The first kappa shape index (κ1) is 21.6. The van der Waals surface area contributed by atoms with Crippen molar-refractivity contribution >= 4 is 33.0 Å². The molecule has 1 aliphatic heterocycles. The molecule has 9 nitrogen and oxygen atoms in total. The monoisotopic (exact) mass is 461 g/mol. The van der Waals surface area contributed by atoms with Crippen molar-refractivity contribution in [3.63, 3.8) is 0 Å². The summed E-state index contributed by atoms with van der Waals surface area (Å²) in [5.74, 6) is 0.318. The van der Waals surface area contributed by atoms with Gasteiger partial charge in [0, 0.05) is 37.7 Å². The fraction of sp³-hybridized carbons (Fsp3) is 0.350. The van der Waals surface area contributed by atoms with E-state index in [-0.39, 0.29) is 9.77 Å². The SMILES string of the molecule is Cc1ccc(Nc2nccc(-c3sc(=O)n(C)c3C)n2)cc1S(=O)(=O)N1CCOCC1. The van der Waals surface area contributed by atoms with E-state index in [0.29, 0.717) is 49.2 Å². The van der Waals surface area contributed by atoms with Crippen LogP contribution in [0.25, 0.3) is 10.6 Å². The van der Waals surface area contributed by atoms with Gasteiger partial charge in [0.25, 0.3) is 0 Å². The smallest absolute Gasteiger partial charge is 0.307 e. The lowest BCUT2D eigenvalue weighted by atomic mass is 10.2. The molecule has 0 bridgehead atoms. The Morgan fingerprint density at radius 2 is 1.90 bits per heavy atom. The van der Waals surface area contributed by atoms with Crippen LogP contribution in [0.1, 0.15) is 11.3 Å². The van der Waals surface area contributed by atoms with Crippen LogP contribution in [0.2, 0.25) is 0 Å². The van der Waals surface area contributed by atoms with Gasteiger partial charge in [-0.05, 0) is 37.6 Å². The van der Waals surface area contributed by atoms with E-state index in [1.807, 2.05) is 6.92 Å². The second-order valence-corrected chi connectivity index (χ2v) is 10.1. The van der Waals surface area contributed by atoms with Gasteiger partial charge in [-0.3, -0.25) is 4.79 Å². The third-order valence-electron chi connectivity index (χ3n) is 5.22. The number of hydrogen-bond donors (Lipinski definition) is 1. The number of ether oxygens (including phenoxy) is 1. The van der Waals surface area contributed by atoms with Gasteiger partial charge in [-0.15, -0.1) is 0 Å². The van der Waals surface area contributed by atoms with Gasteiger partial charge in [0.2, 0.25) is 16.0 Å². The zero-order valence-electron chi connectivity index (χ0n) is 17.5. The molecule has 0 spiro atoms. The normalized spacial score (nSPS) is 15.2. The number of aromatic nitrogens is 3. The molecule has 1 N–H and O–H groups in total. The van der Waals surface area contributed by atoms with Crippen LogP contribution in [-0.2, 0) is 21.8 Å². The molecule has 0 atom stereocenters. The topological polar surface area (TPSA) is 106 Å². The van der Waals surface area contributed by atoms with Gasteiger partial charge in [0.15, 0.2) is 0 Å². The maximum Gasteiger partial charge on any atom is 0.307 e. The average molecular weight is 462 g/mol. The zero-order chi connectivity index (χ0) is 22.2. The maximum atomic E-state index is 13.1. The molecule has 4 rings (SSSR count). The fourth-order valence-electron chi connectivity index (χ4n) is 3.31. The molecule has 0 saturated carbocycles. The number of rotatable bonds is 5. The van der Waals surface area contributed by atoms with Gasteiger partial charge in [-0.1, -0.05) is 17.4 Å². The van der Waals surface area contributed by atoms with Crippen molar-refractivity contribution in [1.29, 1.82) is 0 Å². The predicted octanol–water partition coefficient (Wildman–Crippen LogP) is 2.29. The molecule has 1 aliphatic rings. The summed E-state index contributed by atoms with van der Waals surface area (Å²) in [6.07, 6.45) is 1.61. The number of thiazole rings is 1. The lowest BCUT2D eigenvalue weighted by Crippen LogP contribution is -2.40. The minimum absolute atomic E-state index is 0.0582. The van der Waals surface area contributed by atoms with Crippen molar-refractivity contribution in [2.24, 2.45) is 7.05 Å².